The van der Waals surface area contributed by atoms with Crippen LogP contribution in [0.2, 0.25) is 0 Å². The molecule has 30 heavy (non-hydrogen) atoms. The molecule has 162 valence electrons. The molecule has 0 bridgehead atoms. The molecule has 0 unspecified atom stereocenters. The van der Waals surface area contributed by atoms with E-state index in [1.54, 1.807) is 25.2 Å². The molecule has 0 aromatic heterocycles. The van der Waals surface area contributed by atoms with Crippen molar-refractivity contribution in [2.45, 2.75) is 17.7 Å². The Kier molecular flexibility index (Phi) is 6.62. The molecule has 1 saturated heterocycles. The van der Waals surface area contributed by atoms with Gasteiger partial charge in [0.1, 0.15) is 5.82 Å². The van der Waals surface area contributed by atoms with Crippen molar-refractivity contribution in [3.63, 3.8) is 0 Å². The minimum Gasteiger partial charge on any atom is -0.493 e. The molecular formula is C21H25FN2O5S. The van der Waals surface area contributed by atoms with Gasteiger partial charge < -0.3 is 14.4 Å². The lowest BCUT2D eigenvalue weighted by atomic mass is 9.96. The first kappa shape index (κ1) is 22.0. The van der Waals surface area contributed by atoms with E-state index in [9.17, 15) is 17.6 Å². The normalized spacial score (nSPS) is 15.6. The maximum absolute atomic E-state index is 13.1. The van der Waals surface area contributed by atoms with Crippen LogP contribution in [0.15, 0.2) is 47.4 Å². The maximum atomic E-state index is 13.1. The zero-order valence-corrected chi connectivity index (χ0v) is 18.0. The first-order valence-electron chi connectivity index (χ1n) is 9.53. The van der Waals surface area contributed by atoms with Gasteiger partial charge in [-0.2, -0.15) is 4.31 Å². The number of hydrogen-bond donors (Lipinski definition) is 0. The second kappa shape index (κ2) is 9.01. The summed E-state index contributed by atoms with van der Waals surface area (Å²) in [6, 6.07) is 10.2. The van der Waals surface area contributed by atoms with Crippen LogP contribution in [-0.4, -0.2) is 53.0 Å². The molecule has 3 rings (SSSR count). The van der Waals surface area contributed by atoms with Gasteiger partial charge in [0.2, 0.25) is 15.9 Å². The number of benzene rings is 2. The van der Waals surface area contributed by atoms with Gasteiger partial charge in [0, 0.05) is 37.8 Å². The van der Waals surface area contributed by atoms with Gasteiger partial charge in [-0.15, -0.1) is 0 Å². The Morgan fingerprint density at radius 1 is 1.03 bits per heavy atom. The Labute approximate surface area is 176 Å². The van der Waals surface area contributed by atoms with E-state index in [0.717, 1.165) is 0 Å². The van der Waals surface area contributed by atoms with Crippen molar-refractivity contribution in [3.05, 3.63) is 48.3 Å². The quantitative estimate of drug-likeness (QED) is 0.696. The second-order valence-corrected chi connectivity index (χ2v) is 9.01. The van der Waals surface area contributed by atoms with Gasteiger partial charge in [-0.3, -0.25) is 4.79 Å². The maximum Gasteiger partial charge on any atom is 0.243 e. The third-order valence-electron chi connectivity index (χ3n) is 5.34. The van der Waals surface area contributed by atoms with E-state index < -0.39 is 10.0 Å². The molecule has 1 amide bonds. The van der Waals surface area contributed by atoms with Crippen LogP contribution in [0.3, 0.4) is 0 Å². The van der Waals surface area contributed by atoms with E-state index in [4.69, 9.17) is 9.47 Å². The number of halogens is 1. The summed E-state index contributed by atoms with van der Waals surface area (Å²) in [4.78, 5) is 14.4. The molecule has 9 heteroatoms. The fourth-order valence-corrected chi connectivity index (χ4v) is 5.02. The monoisotopic (exact) mass is 436 g/mol. The summed E-state index contributed by atoms with van der Waals surface area (Å²) in [5.74, 6) is 0.0177. The van der Waals surface area contributed by atoms with Gasteiger partial charge in [0.25, 0.3) is 0 Å². The van der Waals surface area contributed by atoms with E-state index in [0.29, 0.717) is 30.0 Å². The fourth-order valence-electron chi connectivity index (χ4n) is 3.53. The predicted molar refractivity (Wildman–Crippen MR) is 111 cm³/mol. The number of piperidine rings is 1. The molecule has 0 spiro atoms. The minimum atomic E-state index is -3.71. The van der Waals surface area contributed by atoms with E-state index in [-0.39, 0.29) is 35.6 Å². The first-order chi connectivity index (χ1) is 14.3. The number of hydrogen-bond acceptors (Lipinski definition) is 5. The Hall–Kier alpha value is -2.65. The number of carbonyl (C=O) groups excluding carboxylic acids is 1. The summed E-state index contributed by atoms with van der Waals surface area (Å²) in [5.41, 5.74) is 0.599. The summed E-state index contributed by atoms with van der Waals surface area (Å²) >= 11 is 0. The molecule has 2 aromatic carbocycles. The van der Waals surface area contributed by atoms with Gasteiger partial charge in [-0.05, 0) is 49.2 Å². The zero-order valence-electron chi connectivity index (χ0n) is 17.2. The Bertz CT molecular complexity index is 1000. The lowest BCUT2D eigenvalue weighted by Gasteiger charge is -2.32. The molecule has 0 radical (unpaired) electrons. The van der Waals surface area contributed by atoms with Crippen LogP contribution in [-0.2, 0) is 14.8 Å². The smallest absolute Gasteiger partial charge is 0.243 e. The van der Waals surface area contributed by atoms with Crippen molar-refractivity contribution >= 4 is 21.6 Å². The number of methoxy groups -OCH3 is 2. The molecule has 1 heterocycles. The van der Waals surface area contributed by atoms with Gasteiger partial charge in [-0.1, -0.05) is 0 Å². The first-order valence-corrected chi connectivity index (χ1v) is 11.0. The summed E-state index contributed by atoms with van der Waals surface area (Å²) in [6.07, 6.45) is 0.827. The van der Waals surface area contributed by atoms with Crippen LogP contribution in [0, 0.1) is 11.7 Å². The van der Waals surface area contributed by atoms with Gasteiger partial charge in [-0.25, -0.2) is 12.8 Å². The number of ether oxygens (including phenoxy) is 2. The molecule has 1 fully saturated rings. The van der Waals surface area contributed by atoms with Crippen molar-refractivity contribution in [2.24, 2.45) is 5.92 Å². The summed E-state index contributed by atoms with van der Waals surface area (Å²) < 4.78 is 50.9. The minimum absolute atomic E-state index is 0.107. The number of amides is 1. The number of nitrogens with zero attached hydrogens (tertiary/aromatic N) is 2. The summed E-state index contributed by atoms with van der Waals surface area (Å²) in [6.45, 7) is 0.481. The van der Waals surface area contributed by atoms with E-state index in [1.807, 2.05) is 0 Å². The highest BCUT2D eigenvalue weighted by molar-refractivity contribution is 7.89. The van der Waals surface area contributed by atoms with E-state index in [2.05, 4.69) is 0 Å². The highest BCUT2D eigenvalue weighted by Gasteiger charge is 2.33. The predicted octanol–water partition coefficient (Wildman–Crippen LogP) is 2.91. The topological polar surface area (TPSA) is 76.2 Å². The SMILES string of the molecule is COc1ccc(S(=O)(=O)N2CCC(C(=O)N(C)c3ccc(F)cc3)CC2)cc1OC. The van der Waals surface area contributed by atoms with Crippen LogP contribution >= 0.6 is 0 Å². The Morgan fingerprint density at radius 3 is 2.20 bits per heavy atom. The van der Waals surface area contributed by atoms with E-state index in [1.165, 1.54) is 47.7 Å². The third-order valence-corrected chi connectivity index (χ3v) is 7.24. The van der Waals surface area contributed by atoms with Gasteiger partial charge in [0.05, 0.1) is 19.1 Å². The van der Waals surface area contributed by atoms with Gasteiger partial charge >= 0.3 is 0 Å². The lowest BCUT2D eigenvalue weighted by Crippen LogP contribution is -2.43. The van der Waals surface area contributed by atoms with Crippen LogP contribution < -0.4 is 14.4 Å². The fraction of sp³-hybridized carbons (Fsp3) is 0.381. The van der Waals surface area contributed by atoms with Crippen molar-refractivity contribution in [2.75, 3.05) is 39.3 Å². The Morgan fingerprint density at radius 2 is 1.63 bits per heavy atom. The highest BCUT2D eigenvalue weighted by atomic mass is 32.2. The molecule has 0 saturated carbocycles. The molecule has 1 aliphatic heterocycles. The van der Waals surface area contributed by atoms with Crippen molar-refractivity contribution in [1.29, 1.82) is 0 Å². The lowest BCUT2D eigenvalue weighted by molar-refractivity contribution is -0.123. The van der Waals surface area contributed by atoms with Gasteiger partial charge in [0.15, 0.2) is 11.5 Å². The third kappa shape index (κ3) is 4.41. The summed E-state index contributed by atoms with van der Waals surface area (Å²) in [7, 11) is 0.857. The van der Waals surface area contributed by atoms with Crippen molar-refractivity contribution in [3.8, 4) is 11.5 Å². The van der Waals surface area contributed by atoms with Crippen molar-refractivity contribution in [1.82, 2.24) is 4.31 Å². The molecule has 0 N–H and O–H groups in total. The molecular weight excluding hydrogens is 411 g/mol. The van der Waals surface area contributed by atoms with E-state index >= 15 is 0 Å². The Balaban J connectivity index is 1.68. The standard InChI is InChI=1S/C21H25FN2O5S/c1-23(17-6-4-16(22)5-7-17)21(25)15-10-12-24(13-11-15)30(26,27)18-8-9-19(28-2)20(14-18)29-3/h4-9,14-15H,10-13H2,1-3H3. The van der Waals surface area contributed by atoms with Crippen LogP contribution in [0.4, 0.5) is 10.1 Å². The molecule has 7 nitrogen and oxygen atoms in total. The largest absolute Gasteiger partial charge is 0.493 e. The number of anilines is 1. The molecule has 0 aliphatic carbocycles. The van der Waals surface area contributed by atoms with Crippen LogP contribution in [0.5, 0.6) is 11.5 Å². The van der Waals surface area contributed by atoms with Crippen LogP contribution in [0.25, 0.3) is 0 Å². The zero-order chi connectivity index (χ0) is 21.9. The van der Waals surface area contributed by atoms with Crippen molar-refractivity contribution < 1.29 is 27.1 Å². The number of rotatable bonds is 6. The molecule has 1 aliphatic rings. The summed E-state index contributed by atoms with van der Waals surface area (Å²) in [5, 5.41) is 0. The number of sulfonamides is 1. The second-order valence-electron chi connectivity index (χ2n) is 7.07. The number of carbonyl (C=O) groups is 1. The molecule has 0 atom stereocenters. The average Bonchev–Trinajstić information content (AvgIpc) is 2.78. The average molecular weight is 437 g/mol. The van der Waals surface area contributed by atoms with Crippen LogP contribution in [0.1, 0.15) is 12.8 Å². The highest BCUT2D eigenvalue weighted by Crippen LogP contribution is 2.32. The molecule has 2 aromatic rings.